The second-order valence-electron chi connectivity index (χ2n) is 5.60. The van der Waals surface area contributed by atoms with Gasteiger partial charge in [-0.1, -0.05) is 43.1 Å². The second-order valence-corrected chi connectivity index (χ2v) is 6.35. The molecule has 0 bridgehead atoms. The summed E-state index contributed by atoms with van der Waals surface area (Å²) in [6.07, 6.45) is 0. The molecule has 0 spiro atoms. The molecule has 0 unspecified atom stereocenters. The molecule has 2 N–H and O–H groups in total. The van der Waals surface area contributed by atoms with Crippen molar-refractivity contribution in [3.63, 3.8) is 0 Å². The number of carbonyl (C=O) groups is 2. The van der Waals surface area contributed by atoms with Gasteiger partial charge in [0.15, 0.2) is 0 Å². The summed E-state index contributed by atoms with van der Waals surface area (Å²) in [4.78, 5) is 28.0. The zero-order chi connectivity index (χ0) is 17.9. The molecule has 0 atom stereocenters. The molecule has 5 nitrogen and oxygen atoms in total. The minimum absolute atomic E-state index is 0.0296. The predicted molar refractivity (Wildman–Crippen MR) is 96.9 cm³/mol. The monoisotopic (exact) mass is 365 g/mol. The highest BCUT2D eigenvalue weighted by molar-refractivity contribution is 6.35. The van der Waals surface area contributed by atoms with E-state index in [1.807, 2.05) is 26.8 Å². The first-order chi connectivity index (χ1) is 11.3. The van der Waals surface area contributed by atoms with Crippen molar-refractivity contribution in [1.82, 2.24) is 4.98 Å². The highest BCUT2D eigenvalue weighted by atomic mass is 35.5. The first kappa shape index (κ1) is 18.2. The fraction of sp³-hybridized carbons (Fsp3) is 0.235. The first-order valence-electron chi connectivity index (χ1n) is 7.33. The molecule has 0 radical (unpaired) electrons. The molecule has 0 aliphatic carbocycles. The maximum absolute atomic E-state index is 12.4. The van der Waals surface area contributed by atoms with E-state index in [0.29, 0.717) is 11.4 Å². The Hall–Kier alpha value is -2.11. The van der Waals surface area contributed by atoms with Crippen LogP contribution in [0, 0.1) is 12.8 Å². The number of hydrogen-bond acceptors (Lipinski definition) is 3. The van der Waals surface area contributed by atoms with Crippen molar-refractivity contribution in [1.29, 1.82) is 0 Å². The van der Waals surface area contributed by atoms with E-state index in [0.717, 1.165) is 5.56 Å². The Morgan fingerprint density at radius 1 is 1.08 bits per heavy atom. The fourth-order valence-corrected chi connectivity index (χ4v) is 2.32. The highest BCUT2D eigenvalue weighted by Crippen LogP contribution is 2.23. The largest absolute Gasteiger partial charge is 0.326 e. The molecule has 2 amide bonds. The Kier molecular flexibility index (Phi) is 5.80. The highest BCUT2D eigenvalue weighted by Gasteiger charge is 2.14. The van der Waals surface area contributed by atoms with Crippen molar-refractivity contribution in [3.8, 4) is 0 Å². The lowest BCUT2D eigenvalue weighted by Crippen LogP contribution is -2.18. The van der Waals surface area contributed by atoms with Gasteiger partial charge >= 0.3 is 0 Å². The van der Waals surface area contributed by atoms with Crippen molar-refractivity contribution in [3.05, 3.63) is 51.8 Å². The average Bonchev–Trinajstić information content (AvgIpc) is 2.50. The number of nitrogens with zero attached hydrogens (tertiary/aromatic N) is 1. The van der Waals surface area contributed by atoms with Gasteiger partial charge in [-0.3, -0.25) is 9.59 Å². The van der Waals surface area contributed by atoms with Gasteiger partial charge in [-0.2, -0.15) is 0 Å². The molecule has 7 heteroatoms. The molecule has 24 heavy (non-hydrogen) atoms. The smallest absolute Gasteiger partial charge is 0.258 e. The van der Waals surface area contributed by atoms with E-state index < -0.39 is 5.91 Å². The third kappa shape index (κ3) is 4.46. The Balaban J connectivity index is 2.22. The van der Waals surface area contributed by atoms with Crippen molar-refractivity contribution in [2.24, 2.45) is 5.92 Å². The zero-order valence-electron chi connectivity index (χ0n) is 13.5. The number of anilines is 2. The quantitative estimate of drug-likeness (QED) is 0.781. The van der Waals surface area contributed by atoms with Crippen molar-refractivity contribution in [2.75, 3.05) is 10.6 Å². The van der Waals surface area contributed by atoms with E-state index in [9.17, 15) is 9.59 Å². The van der Waals surface area contributed by atoms with E-state index in [1.165, 1.54) is 12.1 Å². The standard InChI is InChI=1S/C17H17Cl2N3O2/c1-9(2)16(23)20-11-5-4-10(3)13(8-11)21-17(24)12-6-7-14(18)22-15(12)19/h4-9H,1-3H3,(H,20,23)(H,21,24). The maximum atomic E-state index is 12.4. The van der Waals surface area contributed by atoms with Gasteiger partial charge < -0.3 is 10.6 Å². The molecule has 1 heterocycles. The van der Waals surface area contributed by atoms with Crippen LogP contribution in [0.4, 0.5) is 11.4 Å². The molecule has 1 aromatic carbocycles. The summed E-state index contributed by atoms with van der Waals surface area (Å²) in [5.41, 5.74) is 2.25. The molecule has 126 valence electrons. The Morgan fingerprint density at radius 2 is 1.79 bits per heavy atom. The van der Waals surface area contributed by atoms with Gasteiger partial charge in [0.2, 0.25) is 5.91 Å². The minimum atomic E-state index is -0.403. The zero-order valence-corrected chi connectivity index (χ0v) is 15.0. The lowest BCUT2D eigenvalue weighted by molar-refractivity contribution is -0.118. The van der Waals surface area contributed by atoms with Crippen LogP contribution in [0.3, 0.4) is 0 Å². The van der Waals surface area contributed by atoms with E-state index in [1.54, 1.807) is 12.1 Å². The van der Waals surface area contributed by atoms with E-state index in [2.05, 4.69) is 15.6 Å². The van der Waals surface area contributed by atoms with Gasteiger partial charge in [-0.15, -0.1) is 0 Å². The van der Waals surface area contributed by atoms with Crippen molar-refractivity contribution < 1.29 is 9.59 Å². The number of nitrogens with one attached hydrogen (secondary N) is 2. The lowest BCUT2D eigenvalue weighted by atomic mass is 10.1. The van der Waals surface area contributed by atoms with Crippen LogP contribution in [-0.4, -0.2) is 16.8 Å². The molecule has 0 saturated heterocycles. The first-order valence-corrected chi connectivity index (χ1v) is 8.08. The summed E-state index contributed by atoms with van der Waals surface area (Å²) < 4.78 is 0. The molecule has 0 aliphatic rings. The Bertz CT molecular complexity index is 791. The maximum Gasteiger partial charge on any atom is 0.258 e. The van der Waals surface area contributed by atoms with Crippen LogP contribution >= 0.6 is 23.2 Å². The van der Waals surface area contributed by atoms with Gasteiger partial charge in [0.05, 0.1) is 5.56 Å². The molecule has 2 aromatic rings. The van der Waals surface area contributed by atoms with Gasteiger partial charge in [0, 0.05) is 17.3 Å². The number of benzene rings is 1. The summed E-state index contributed by atoms with van der Waals surface area (Å²) in [7, 11) is 0. The summed E-state index contributed by atoms with van der Waals surface area (Å²) in [5, 5.41) is 5.81. The summed E-state index contributed by atoms with van der Waals surface area (Å²) in [6.45, 7) is 5.47. The fourth-order valence-electron chi connectivity index (χ4n) is 1.89. The van der Waals surface area contributed by atoms with Crippen LogP contribution in [0.2, 0.25) is 10.3 Å². The number of aryl methyl sites for hydroxylation is 1. The van der Waals surface area contributed by atoms with Gasteiger partial charge in [-0.25, -0.2) is 4.98 Å². The number of amides is 2. The van der Waals surface area contributed by atoms with Crippen LogP contribution in [0.1, 0.15) is 29.8 Å². The van der Waals surface area contributed by atoms with Crippen molar-refractivity contribution >= 4 is 46.4 Å². The molecule has 0 aliphatic heterocycles. The summed E-state index contributed by atoms with van der Waals surface area (Å²) in [5.74, 6) is -0.635. The molecule has 1 aromatic heterocycles. The lowest BCUT2D eigenvalue weighted by Gasteiger charge is -2.13. The summed E-state index contributed by atoms with van der Waals surface area (Å²) in [6, 6.07) is 8.29. The molecule has 0 fully saturated rings. The number of carbonyl (C=O) groups excluding carboxylic acids is 2. The number of halogens is 2. The van der Waals surface area contributed by atoms with Crippen molar-refractivity contribution in [2.45, 2.75) is 20.8 Å². The number of pyridine rings is 1. The van der Waals surface area contributed by atoms with Crippen LogP contribution in [-0.2, 0) is 4.79 Å². The third-order valence-electron chi connectivity index (χ3n) is 3.34. The summed E-state index contributed by atoms with van der Waals surface area (Å²) >= 11 is 11.7. The van der Waals surface area contributed by atoms with Crippen LogP contribution < -0.4 is 10.6 Å². The molecule has 2 rings (SSSR count). The number of aromatic nitrogens is 1. The normalized spacial score (nSPS) is 10.6. The minimum Gasteiger partial charge on any atom is -0.326 e. The molecule has 0 saturated carbocycles. The SMILES string of the molecule is Cc1ccc(NC(=O)C(C)C)cc1NC(=O)c1ccc(Cl)nc1Cl. The molecular weight excluding hydrogens is 349 g/mol. The van der Waals surface area contributed by atoms with Gasteiger partial charge in [-0.05, 0) is 36.8 Å². The number of rotatable bonds is 4. The third-order valence-corrected chi connectivity index (χ3v) is 3.84. The van der Waals surface area contributed by atoms with E-state index >= 15 is 0 Å². The average molecular weight is 366 g/mol. The van der Waals surface area contributed by atoms with Crippen LogP contribution in [0.25, 0.3) is 0 Å². The van der Waals surface area contributed by atoms with Gasteiger partial charge in [0.25, 0.3) is 5.91 Å². The number of hydrogen-bond donors (Lipinski definition) is 2. The van der Waals surface area contributed by atoms with E-state index in [4.69, 9.17) is 23.2 Å². The topological polar surface area (TPSA) is 71.1 Å². The predicted octanol–water partition coefficient (Wildman–Crippen LogP) is 4.54. The Labute approximate surface area is 150 Å². The van der Waals surface area contributed by atoms with E-state index in [-0.39, 0.29) is 27.7 Å². The Morgan fingerprint density at radius 3 is 2.42 bits per heavy atom. The van der Waals surface area contributed by atoms with Crippen LogP contribution in [0.5, 0.6) is 0 Å². The second kappa shape index (κ2) is 7.64. The molecular formula is C17H17Cl2N3O2. The van der Waals surface area contributed by atoms with Gasteiger partial charge in [0.1, 0.15) is 10.3 Å². The van der Waals surface area contributed by atoms with Crippen LogP contribution in [0.15, 0.2) is 30.3 Å².